The van der Waals surface area contributed by atoms with Crippen molar-refractivity contribution in [2.24, 2.45) is 5.73 Å². The molecule has 2 aromatic heterocycles. The quantitative estimate of drug-likeness (QED) is 0.174. The number of imide groups is 1. The van der Waals surface area contributed by atoms with Crippen molar-refractivity contribution in [2.45, 2.75) is 43.9 Å². The maximum absolute atomic E-state index is 13.4. The molecule has 226 valence electrons. The Bertz CT molecular complexity index is 1770. The van der Waals surface area contributed by atoms with Crippen molar-refractivity contribution in [1.82, 2.24) is 15.3 Å². The van der Waals surface area contributed by atoms with E-state index < -0.39 is 48.4 Å². The number of rotatable bonds is 4. The van der Waals surface area contributed by atoms with Gasteiger partial charge in [-0.25, -0.2) is 4.79 Å². The van der Waals surface area contributed by atoms with Crippen LogP contribution in [-0.2, 0) is 19.1 Å². The number of alkyl halides is 3. The van der Waals surface area contributed by atoms with Crippen molar-refractivity contribution < 1.29 is 47.6 Å². The highest BCUT2D eigenvalue weighted by atomic mass is 19.4. The second kappa shape index (κ2) is 11.3. The van der Waals surface area contributed by atoms with Crippen LogP contribution in [0.15, 0.2) is 48.5 Å². The van der Waals surface area contributed by atoms with Gasteiger partial charge in [0.2, 0.25) is 0 Å². The number of benzene rings is 2. The molecule has 0 aliphatic carbocycles. The number of amides is 2. The average Bonchev–Trinajstić information content (AvgIpc) is 3.58. The number of aliphatic carboxylic acids is 1. The van der Waals surface area contributed by atoms with Gasteiger partial charge in [0.1, 0.15) is 12.2 Å². The number of H-pyrrole nitrogens is 2. The second-order valence-corrected chi connectivity index (χ2v) is 10.2. The van der Waals surface area contributed by atoms with Gasteiger partial charge >= 0.3 is 12.1 Å². The number of ether oxygens (including phenoxy) is 1. The molecular formula is C29H27F3N4O7. The van der Waals surface area contributed by atoms with Crippen LogP contribution in [-0.4, -0.2) is 74.1 Å². The van der Waals surface area contributed by atoms with Crippen molar-refractivity contribution >= 4 is 50.7 Å². The minimum absolute atomic E-state index is 0.0196. The summed E-state index contributed by atoms with van der Waals surface area (Å²) in [5.41, 5.74) is 10.5. The van der Waals surface area contributed by atoms with Crippen molar-refractivity contribution in [1.29, 1.82) is 0 Å². The van der Waals surface area contributed by atoms with Gasteiger partial charge in [-0.3, -0.25) is 14.9 Å². The van der Waals surface area contributed by atoms with Gasteiger partial charge in [-0.05, 0) is 19.1 Å². The van der Waals surface area contributed by atoms with E-state index in [9.17, 15) is 33.0 Å². The summed E-state index contributed by atoms with van der Waals surface area (Å²) < 4.78 is 37.8. The number of para-hydroxylation sites is 2. The number of hydrogen-bond acceptors (Lipinski definition) is 7. The first-order chi connectivity index (χ1) is 20.3. The van der Waals surface area contributed by atoms with Gasteiger partial charge in [-0.15, -0.1) is 0 Å². The molecule has 4 heterocycles. The molecule has 6 rings (SSSR count). The number of fused-ring (bicyclic) bond motifs is 2. The summed E-state index contributed by atoms with van der Waals surface area (Å²) in [6.45, 7) is 1.89. The molecular weight excluding hydrogens is 573 g/mol. The summed E-state index contributed by atoms with van der Waals surface area (Å²) >= 11 is 0. The summed E-state index contributed by atoms with van der Waals surface area (Å²) in [6, 6.07) is 15.1. The fraction of sp³-hybridized carbons (Fsp3) is 0.276. The van der Waals surface area contributed by atoms with Crippen molar-refractivity contribution in [3.63, 3.8) is 0 Å². The molecule has 14 heteroatoms. The molecule has 0 radical (unpaired) electrons. The molecule has 2 aliphatic rings. The minimum atomic E-state index is -5.08. The Morgan fingerprint density at radius 3 is 2.02 bits per heavy atom. The number of carboxylic acids is 1. The average molecular weight is 601 g/mol. The monoisotopic (exact) mass is 600 g/mol. The van der Waals surface area contributed by atoms with Crippen molar-refractivity contribution in [2.75, 3.05) is 6.54 Å². The third-order valence-corrected chi connectivity index (χ3v) is 7.43. The van der Waals surface area contributed by atoms with Gasteiger partial charge in [-0.1, -0.05) is 36.4 Å². The molecule has 8 N–H and O–H groups in total. The molecule has 1 saturated heterocycles. The second-order valence-electron chi connectivity index (χ2n) is 10.2. The number of aliphatic hydroxyl groups is 2. The van der Waals surface area contributed by atoms with Crippen LogP contribution in [0, 0.1) is 6.92 Å². The zero-order valence-corrected chi connectivity index (χ0v) is 22.5. The largest absolute Gasteiger partial charge is 0.490 e. The zero-order valence-electron chi connectivity index (χ0n) is 22.5. The zero-order chi connectivity index (χ0) is 31.2. The van der Waals surface area contributed by atoms with E-state index in [2.05, 4.69) is 15.3 Å². The highest BCUT2D eigenvalue weighted by Gasteiger charge is 2.42. The predicted molar refractivity (Wildman–Crippen MR) is 148 cm³/mol. The molecule has 1 fully saturated rings. The van der Waals surface area contributed by atoms with E-state index in [-0.39, 0.29) is 24.1 Å². The smallest absolute Gasteiger partial charge is 0.475 e. The van der Waals surface area contributed by atoms with E-state index in [1.165, 1.54) is 0 Å². The van der Waals surface area contributed by atoms with E-state index >= 15 is 0 Å². The van der Waals surface area contributed by atoms with Crippen LogP contribution < -0.4 is 11.1 Å². The van der Waals surface area contributed by atoms with Gasteiger partial charge in [0, 0.05) is 51.6 Å². The Hall–Kier alpha value is -4.50. The van der Waals surface area contributed by atoms with Crippen LogP contribution in [0.3, 0.4) is 0 Å². The lowest BCUT2D eigenvalue weighted by Crippen LogP contribution is -2.49. The number of nitrogens with two attached hydrogens (primary N) is 1. The van der Waals surface area contributed by atoms with E-state index in [4.69, 9.17) is 20.4 Å². The topological polar surface area (TPSA) is 191 Å². The minimum Gasteiger partial charge on any atom is -0.475 e. The lowest BCUT2D eigenvalue weighted by molar-refractivity contribution is -0.192. The van der Waals surface area contributed by atoms with Crippen LogP contribution in [0.2, 0.25) is 0 Å². The number of halogens is 3. The number of aliphatic hydroxyl groups excluding tert-OH is 2. The molecule has 0 bridgehead atoms. The number of hydrogen-bond donors (Lipinski definition) is 7. The first kappa shape index (κ1) is 30.0. The van der Waals surface area contributed by atoms with E-state index in [1.807, 2.05) is 55.5 Å². The van der Waals surface area contributed by atoms with Gasteiger partial charge < -0.3 is 35.8 Å². The molecule has 0 spiro atoms. The number of aromatic amines is 2. The highest BCUT2D eigenvalue weighted by Crippen LogP contribution is 2.44. The summed E-state index contributed by atoms with van der Waals surface area (Å²) in [5.74, 6) is -3.73. The number of aromatic nitrogens is 2. The highest BCUT2D eigenvalue weighted by molar-refractivity contribution is 6.51. The van der Waals surface area contributed by atoms with Crippen LogP contribution in [0.4, 0.5) is 13.2 Å². The number of carbonyl (C=O) groups excluding carboxylic acids is 2. The van der Waals surface area contributed by atoms with Gasteiger partial charge in [0.25, 0.3) is 11.8 Å². The summed E-state index contributed by atoms with van der Waals surface area (Å²) in [4.78, 5) is 42.2. The third kappa shape index (κ3) is 5.41. The molecule has 2 amide bonds. The Morgan fingerprint density at radius 1 is 0.953 bits per heavy atom. The summed E-state index contributed by atoms with van der Waals surface area (Å²) in [7, 11) is 0. The molecule has 4 aromatic rings. The fourth-order valence-corrected chi connectivity index (χ4v) is 5.54. The number of carboxylic acid groups (broad SMARTS) is 1. The molecule has 0 unspecified atom stereocenters. The normalized spacial score (nSPS) is 22.6. The van der Waals surface area contributed by atoms with Crippen LogP contribution >= 0.6 is 0 Å². The SMILES string of the molecule is Cc1[nH]c2ccccc2c1C1=C(c2c([C@@H]3C[C@@H](O)[C@@H](O)[C@@H](CN)O3)[nH]c3ccccc23)C(=O)NC1=O.O=C(O)C(F)(F)F. The van der Waals surface area contributed by atoms with Gasteiger partial charge in [-0.2, -0.15) is 13.2 Å². The first-order valence-electron chi connectivity index (χ1n) is 13.1. The maximum atomic E-state index is 13.4. The molecule has 11 nitrogen and oxygen atoms in total. The van der Waals surface area contributed by atoms with Crippen molar-refractivity contribution in [3.05, 3.63) is 71.0 Å². The number of carbonyl (C=O) groups is 3. The predicted octanol–water partition coefficient (Wildman–Crippen LogP) is 2.67. The Morgan fingerprint density at radius 2 is 1.47 bits per heavy atom. The Labute approximate surface area is 241 Å². The Kier molecular flexibility index (Phi) is 7.88. The van der Waals surface area contributed by atoms with Crippen LogP contribution in [0.1, 0.15) is 35.0 Å². The van der Waals surface area contributed by atoms with E-state index in [0.717, 1.165) is 27.5 Å². The van der Waals surface area contributed by atoms with Crippen LogP contribution in [0.25, 0.3) is 33.0 Å². The molecule has 2 aliphatic heterocycles. The molecule has 2 aromatic carbocycles. The summed E-state index contributed by atoms with van der Waals surface area (Å²) in [5, 5.41) is 32.0. The number of aryl methyl sites for hydroxylation is 1. The fourth-order valence-electron chi connectivity index (χ4n) is 5.54. The standard InChI is InChI=1S/C27H26N4O5.C2HF3O2/c1-12-20(13-6-2-4-8-15(13)29-12)22-23(27(35)31-26(22)34)21-14-7-3-5-9-16(14)30-24(21)18-10-17(32)25(33)19(11-28)36-18;3-2(4,5)1(6)7/h2-9,17-19,25,29-30,32-33H,10-11,28H2,1H3,(H,31,34,35);(H,6,7)/t17-,18+,19-,25-;/m1./s1. The molecule has 4 atom stereocenters. The van der Waals surface area contributed by atoms with Crippen molar-refractivity contribution in [3.8, 4) is 0 Å². The van der Waals surface area contributed by atoms with E-state index in [0.29, 0.717) is 16.8 Å². The van der Waals surface area contributed by atoms with Gasteiger partial charge in [0.05, 0.1) is 29.0 Å². The Balaban J connectivity index is 0.000000472. The van der Waals surface area contributed by atoms with Crippen LogP contribution in [0.5, 0.6) is 0 Å². The third-order valence-electron chi connectivity index (χ3n) is 7.43. The molecule has 43 heavy (non-hydrogen) atoms. The maximum Gasteiger partial charge on any atom is 0.490 e. The lowest BCUT2D eigenvalue weighted by Gasteiger charge is -2.36. The van der Waals surface area contributed by atoms with Gasteiger partial charge in [0.15, 0.2) is 0 Å². The lowest BCUT2D eigenvalue weighted by atomic mass is 9.89. The number of nitrogens with one attached hydrogen (secondary N) is 3. The van der Waals surface area contributed by atoms with E-state index in [1.54, 1.807) is 0 Å². The first-order valence-corrected chi connectivity index (χ1v) is 13.1. The summed E-state index contributed by atoms with van der Waals surface area (Å²) in [6.07, 6.45) is -8.61. The molecule has 0 saturated carbocycles.